The number of carbonyl (C=O) groups is 2. The van der Waals surface area contributed by atoms with Crippen molar-refractivity contribution >= 4 is 27.5 Å². The Bertz CT molecular complexity index is 1160. The third-order valence-corrected chi connectivity index (χ3v) is 8.46. The third kappa shape index (κ3) is 6.30. The normalized spacial score (nSPS) is 18.0. The first-order valence-electron chi connectivity index (χ1n) is 12.5. The molecule has 2 aromatic rings. The number of nitrogens with zero attached hydrogens (tertiary/aromatic N) is 1. The molecule has 2 heterocycles. The molecule has 8 heteroatoms. The first-order valence-corrected chi connectivity index (χ1v) is 14.0. The number of amides is 2. The van der Waals surface area contributed by atoms with E-state index in [-0.39, 0.29) is 22.6 Å². The van der Waals surface area contributed by atoms with Crippen molar-refractivity contribution in [3.8, 4) is 0 Å². The Labute approximate surface area is 208 Å². The number of benzene rings is 2. The van der Waals surface area contributed by atoms with E-state index in [1.54, 1.807) is 17.0 Å². The molecular weight excluding hydrogens is 462 g/mol. The summed E-state index contributed by atoms with van der Waals surface area (Å²) in [7, 11) is -3.91. The Kier molecular flexibility index (Phi) is 7.91. The zero-order valence-electron chi connectivity index (χ0n) is 20.5. The quantitative estimate of drug-likeness (QED) is 0.609. The highest BCUT2D eigenvalue weighted by molar-refractivity contribution is 7.89. The van der Waals surface area contributed by atoms with Crippen LogP contribution in [0.1, 0.15) is 50.7 Å². The van der Waals surface area contributed by atoms with E-state index in [0.717, 1.165) is 24.8 Å². The van der Waals surface area contributed by atoms with Crippen LogP contribution in [0.2, 0.25) is 0 Å². The van der Waals surface area contributed by atoms with Gasteiger partial charge in [0.1, 0.15) is 6.04 Å². The van der Waals surface area contributed by atoms with Gasteiger partial charge in [0.15, 0.2) is 0 Å². The second kappa shape index (κ2) is 10.9. The van der Waals surface area contributed by atoms with E-state index in [4.69, 9.17) is 0 Å². The summed E-state index contributed by atoms with van der Waals surface area (Å²) in [4.78, 5) is 27.1. The Morgan fingerprint density at radius 3 is 2.49 bits per heavy atom. The van der Waals surface area contributed by atoms with Crippen molar-refractivity contribution in [3.05, 3.63) is 59.7 Å². The van der Waals surface area contributed by atoms with Gasteiger partial charge < -0.3 is 10.2 Å². The summed E-state index contributed by atoms with van der Waals surface area (Å²) in [5, 5.41) is 2.83. The predicted molar refractivity (Wildman–Crippen MR) is 136 cm³/mol. The molecule has 0 radical (unpaired) electrons. The van der Waals surface area contributed by atoms with Gasteiger partial charge >= 0.3 is 0 Å². The molecule has 35 heavy (non-hydrogen) atoms. The summed E-state index contributed by atoms with van der Waals surface area (Å²) in [6, 6.07) is 14.3. The average molecular weight is 498 g/mol. The lowest BCUT2D eigenvalue weighted by Crippen LogP contribution is -2.53. The van der Waals surface area contributed by atoms with E-state index in [9.17, 15) is 18.0 Å². The number of piperidine rings is 1. The standard InChI is InChI=1S/C27H35N3O4S/c1-19(2)26(27(32)30-15-13-21(14-16-30)17-20-7-4-3-5-8-20)29-35(33,34)23-11-12-24-22(18-23)9-6-10-25(31)28-24/h3-5,7-8,11-12,18-19,21,26,29H,6,9-10,13-17H2,1-2H3,(H,28,31)/t26-/m0/s1. The minimum atomic E-state index is -3.91. The molecule has 1 atom stereocenters. The molecule has 188 valence electrons. The Morgan fingerprint density at radius 1 is 1.09 bits per heavy atom. The van der Waals surface area contributed by atoms with E-state index in [1.807, 2.05) is 32.0 Å². The first kappa shape index (κ1) is 25.4. The summed E-state index contributed by atoms with van der Waals surface area (Å²) in [5.41, 5.74) is 2.76. The number of rotatable bonds is 7. The average Bonchev–Trinajstić information content (AvgIpc) is 3.03. The van der Waals surface area contributed by atoms with Crippen LogP contribution in [0.25, 0.3) is 0 Å². The number of hydrogen-bond acceptors (Lipinski definition) is 4. The number of likely N-dealkylation sites (tertiary alicyclic amines) is 1. The maximum Gasteiger partial charge on any atom is 0.241 e. The van der Waals surface area contributed by atoms with Gasteiger partial charge in [0.05, 0.1) is 4.90 Å². The summed E-state index contributed by atoms with van der Waals surface area (Å²) in [6.07, 6.45) is 4.54. The van der Waals surface area contributed by atoms with Gasteiger partial charge in [-0.05, 0) is 73.3 Å². The van der Waals surface area contributed by atoms with Crippen molar-refractivity contribution in [1.29, 1.82) is 0 Å². The highest BCUT2D eigenvalue weighted by Crippen LogP contribution is 2.26. The molecule has 7 nitrogen and oxygen atoms in total. The minimum Gasteiger partial charge on any atom is -0.341 e. The van der Waals surface area contributed by atoms with Gasteiger partial charge in [-0.1, -0.05) is 44.2 Å². The highest BCUT2D eigenvalue weighted by atomic mass is 32.2. The van der Waals surface area contributed by atoms with E-state index in [2.05, 4.69) is 22.2 Å². The fraction of sp³-hybridized carbons (Fsp3) is 0.481. The molecule has 2 aliphatic heterocycles. The fourth-order valence-electron chi connectivity index (χ4n) is 4.93. The monoisotopic (exact) mass is 497 g/mol. The maximum absolute atomic E-state index is 13.4. The van der Waals surface area contributed by atoms with Crippen LogP contribution in [0.5, 0.6) is 0 Å². The lowest BCUT2D eigenvalue weighted by atomic mass is 9.89. The van der Waals surface area contributed by atoms with Crippen molar-refractivity contribution in [2.45, 2.75) is 63.3 Å². The number of aryl methyl sites for hydroxylation is 1. The highest BCUT2D eigenvalue weighted by Gasteiger charge is 2.33. The molecule has 0 spiro atoms. The van der Waals surface area contributed by atoms with Crippen molar-refractivity contribution in [2.75, 3.05) is 18.4 Å². The van der Waals surface area contributed by atoms with Crippen LogP contribution < -0.4 is 10.0 Å². The van der Waals surface area contributed by atoms with E-state index >= 15 is 0 Å². The largest absolute Gasteiger partial charge is 0.341 e. The molecule has 2 amide bonds. The molecule has 0 aliphatic carbocycles. The molecule has 0 saturated carbocycles. The van der Waals surface area contributed by atoms with Gasteiger partial charge in [-0.3, -0.25) is 9.59 Å². The molecule has 0 bridgehead atoms. The Hall–Kier alpha value is -2.71. The fourth-order valence-corrected chi connectivity index (χ4v) is 6.31. The number of sulfonamides is 1. The van der Waals surface area contributed by atoms with Crippen LogP contribution in [0.3, 0.4) is 0 Å². The third-order valence-electron chi connectivity index (χ3n) is 7.02. The molecule has 0 unspecified atom stereocenters. The molecule has 1 saturated heterocycles. The number of hydrogen-bond donors (Lipinski definition) is 2. The molecular formula is C27H35N3O4S. The molecule has 0 aromatic heterocycles. The van der Waals surface area contributed by atoms with E-state index < -0.39 is 16.1 Å². The Morgan fingerprint density at radius 2 is 1.80 bits per heavy atom. The van der Waals surface area contributed by atoms with Crippen LogP contribution in [0.4, 0.5) is 5.69 Å². The smallest absolute Gasteiger partial charge is 0.241 e. The van der Waals surface area contributed by atoms with Crippen molar-refractivity contribution < 1.29 is 18.0 Å². The number of anilines is 1. The van der Waals surface area contributed by atoms with Crippen molar-refractivity contribution in [1.82, 2.24) is 9.62 Å². The van der Waals surface area contributed by atoms with E-state index in [0.29, 0.717) is 44.0 Å². The first-order chi connectivity index (χ1) is 16.7. The summed E-state index contributed by atoms with van der Waals surface area (Å²) >= 11 is 0. The Balaban J connectivity index is 1.42. The van der Waals surface area contributed by atoms with Gasteiger partial charge in [0.2, 0.25) is 21.8 Å². The molecule has 4 rings (SSSR count). The number of carbonyl (C=O) groups excluding carboxylic acids is 2. The molecule has 2 N–H and O–H groups in total. The number of fused-ring (bicyclic) bond motifs is 1. The van der Waals surface area contributed by atoms with Gasteiger partial charge in [-0.15, -0.1) is 0 Å². The second-order valence-electron chi connectivity index (χ2n) is 10.0. The van der Waals surface area contributed by atoms with Crippen LogP contribution in [0.15, 0.2) is 53.4 Å². The number of nitrogens with one attached hydrogen (secondary N) is 2. The van der Waals surface area contributed by atoms with Gasteiger partial charge in [0, 0.05) is 25.2 Å². The van der Waals surface area contributed by atoms with Crippen LogP contribution in [0, 0.1) is 11.8 Å². The van der Waals surface area contributed by atoms with Crippen molar-refractivity contribution in [3.63, 3.8) is 0 Å². The summed E-state index contributed by atoms with van der Waals surface area (Å²) < 4.78 is 29.2. The molecule has 2 aromatic carbocycles. The lowest BCUT2D eigenvalue weighted by molar-refractivity contribution is -0.135. The topological polar surface area (TPSA) is 95.6 Å². The van der Waals surface area contributed by atoms with Gasteiger partial charge in [0.25, 0.3) is 0 Å². The molecule has 2 aliphatic rings. The maximum atomic E-state index is 13.4. The minimum absolute atomic E-state index is 0.0597. The van der Waals surface area contributed by atoms with Crippen LogP contribution in [-0.4, -0.2) is 44.3 Å². The molecule has 1 fully saturated rings. The zero-order valence-corrected chi connectivity index (χ0v) is 21.3. The predicted octanol–water partition coefficient (Wildman–Crippen LogP) is 3.75. The second-order valence-corrected chi connectivity index (χ2v) is 11.7. The van der Waals surface area contributed by atoms with Gasteiger partial charge in [-0.2, -0.15) is 4.72 Å². The van der Waals surface area contributed by atoms with Crippen LogP contribution >= 0.6 is 0 Å². The van der Waals surface area contributed by atoms with E-state index in [1.165, 1.54) is 11.6 Å². The summed E-state index contributed by atoms with van der Waals surface area (Å²) in [5.74, 6) is 0.106. The zero-order chi connectivity index (χ0) is 25.0. The summed E-state index contributed by atoms with van der Waals surface area (Å²) in [6.45, 7) is 5.00. The lowest BCUT2D eigenvalue weighted by Gasteiger charge is -2.35. The van der Waals surface area contributed by atoms with Crippen LogP contribution in [-0.2, 0) is 32.5 Å². The SMILES string of the molecule is CC(C)[C@H](NS(=O)(=O)c1ccc2c(c1)CCCC(=O)N2)C(=O)N1CCC(Cc2ccccc2)CC1. The van der Waals surface area contributed by atoms with Gasteiger partial charge in [-0.25, -0.2) is 8.42 Å². The van der Waals surface area contributed by atoms with Crippen molar-refractivity contribution in [2.24, 2.45) is 11.8 Å².